The van der Waals surface area contributed by atoms with Crippen molar-refractivity contribution in [3.8, 4) is 0 Å². The maximum Gasteiger partial charge on any atom is 0.0590 e. The molecule has 1 aromatic carbocycles. The van der Waals surface area contributed by atoms with Gasteiger partial charge in [0.05, 0.1) is 32.7 Å². The summed E-state index contributed by atoms with van der Waals surface area (Å²) in [6.45, 7) is 0. The number of nitrogens with two attached hydrogens (primary N) is 1. The van der Waals surface area contributed by atoms with Gasteiger partial charge in [0.2, 0.25) is 0 Å². The minimum absolute atomic E-state index is 0.400. The fourth-order valence-electron chi connectivity index (χ4n) is 1.48. The number of benzene rings is 1. The van der Waals surface area contributed by atoms with Crippen LogP contribution in [0.2, 0.25) is 5.02 Å². The van der Waals surface area contributed by atoms with Gasteiger partial charge in [-0.3, -0.25) is 8.89 Å². The summed E-state index contributed by atoms with van der Waals surface area (Å²) < 4.78 is 13.8. The zero-order valence-corrected chi connectivity index (χ0v) is 10.8. The Labute approximate surface area is 107 Å². The third-order valence-corrected chi connectivity index (χ3v) is 4.12. The molecule has 0 saturated heterocycles. The highest BCUT2D eigenvalue weighted by Gasteiger charge is 2.10. The lowest BCUT2D eigenvalue weighted by Gasteiger charge is -2.04. The number of hydrogen-bond donors (Lipinski definition) is 1. The summed E-state index contributed by atoms with van der Waals surface area (Å²) in [6, 6.07) is 5.00. The zero-order valence-electron chi connectivity index (χ0n) is 9.26. The molecule has 0 aliphatic rings. The second-order valence-corrected chi connectivity index (χ2v) is 5.53. The Morgan fingerprint density at radius 3 is 2.88 bits per heavy atom. The maximum absolute atomic E-state index is 12.1. The van der Waals surface area contributed by atoms with Gasteiger partial charge in [0.1, 0.15) is 0 Å². The summed E-state index contributed by atoms with van der Waals surface area (Å²) in [5, 5.41) is 4.47. The van der Waals surface area contributed by atoms with Crippen molar-refractivity contribution in [3.63, 3.8) is 0 Å². The molecular weight excluding hydrogens is 258 g/mol. The van der Waals surface area contributed by atoms with E-state index in [0.717, 1.165) is 5.56 Å². The molecule has 0 fully saturated rings. The normalized spacial score (nSPS) is 12.6. The summed E-state index contributed by atoms with van der Waals surface area (Å²) in [5.74, 6) is 0.400. The summed E-state index contributed by atoms with van der Waals surface area (Å²) in [6.07, 6.45) is 3.53. The third-order valence-electron chi connectivity index (χ3n) is 2.26. The van der Waals surface area contributed by atoms with Crippen LogP contribution in [0.1, 0.15) is 5.56 Å². The van der Waals surface area contributed by atoms with E-state index in [-0.39, 0.29) is 0 Å². The molecule has 6 heteroatoms. The first-order valence-electron chi connectivity index (χ1n) is 4.97. The van der Waals surface area contributed by atoms with Crippen molar-refractivity contribution in [3.05, 3.63) is 41.2 Å². The second kappa shape index (κ2) is 4.89. The summed E-state index contributed by atoms with van der Waals surface area (Å²) >= 11 is 6.00. The van der Waals surface area contributed by atoms with E-state index in [1.807, 2.05) is 13.2 Å². The van der Waals surface area contributed by atoms with Crippen molar-refractivity contribution >= 4 is 28.1 Å². The van der Waals surface area contributed by atoms with Crippen LogP contribution in [0.25, 0.3) is 0 Å². The fourth-order valence-corrected chi connectivity index (χ4v) is 3.03. The van der Waals surface area contributed by atoms with Gasteiger partial charge in [-0.05, 0) is 18.2 Å². The van der Waals surface area contributed by atoms with Crippen LogP contribution in [0.4, 0.5) is 5.69 Å². The van der Waals surface area contributed by atoms with Crippen molar-refractivity contribution in [1.29, 1.82) is 0 Å². The molecule has 2 aromatic rings. The Hall–Kier alpha value is -1.33. The molecule has 2 N–H and O–H groups in total. The molecule has 0 radical (unpaired) electrons. The van der Waals surface area contributed by atoms with Gasteiger partial charge in [-0.15, -0.1) is 0 Å². The smallest absolute Gasteiger partial charge is 0.0590 e. The van der Waals surface area contributed by atoms with Crippen molar-refractivity contribution in [2.24, 2.45) is 7.05 Å². The summed E-state index contributed by atoms with van der Waals surface area (Å²) in [5.41, 5.74) is 7.07. The Morgan fingerprint density at radius 1 is 1.53 bits per heavy atom. The Morgan fingerprint density at radius 2 is 2.29 bits per heavy atom. The molecule has 17 heavy (non-hydrogen) atoms. The monoisotopic (exact) mass is 269 g/mol. The number of aryl methyl sites for hydroxylation is 1. The molecule has 0 aliphatic heterocycles. The van der Waals surface area contributed by atoms with E-state index in [4.69, 9.17) is 17.3 Å². The molecule has 1 atom stereocenters. The SMILES string of the molecule is Cn1cc(CS(=O)c2ccc(N)cc2Cl)cn1. The highest BCUT2D eigenvalue weighted by molar-refractivity contribution is 7.84. The van der Waals surface area contributed by atoms with Crippen LogP contribution in [0.15, 0.2) is 35.5 Å². The largest absolute Gasteiger partial charge is 0.399 e. The molecule has 90 valence electrons. The van der Waals surface area contributed by atoms with Crippen LogP contribution in [-0.2, 0) is 23.6 Å². The van der Waals surface area contributed by atoms with Gasteiger partial charge in [-0.2, -0.15) is 5.10 Å². The van der Waals surface area contributed by atoms with E-state index in [1.165, 1.54) is 0 Å². The third kappa shape index (κ3) is 2.87. The van der Waals surface area contributed by atoms with Crippen LogP contribution in [0, 0.1) is 0 Å². The molecule has 1 aromatic heterocycles. The first-order valence-corrected chi connectivity index (χ1v) is 6.67. The molecule has 1 heterocycles. The number of nitrogen functional groups attached to an aromatic ring is 1. The van der Waals surface area contributed by atoms with Crippen molar-refractivity contribution < 1.29 is 4.21 Å². The average Bonchev–Trinajstić information content (AvgIpc) is 2.63. The van der Waals surface area contributed by atoms with E-state index in [9.17, 15) is 4.21 Å². The topological polar surface area (TPSA) is 60.9 Å². The van der Waals surface area contributed by atoms with E-state index in [1.54, 1.807) is 29.1 Å². The Balaban J connectivity index is 2.20. The molecule has 0 aliphatic carbocycles. The van der Waals surface area contributed by atoms with Crippen molar-refractivity contribution in [1.82, 2.24) is 9.78 Å². The highest BCUT2D eigenvalue weighted by atomic mass is 35.5. The number of anilines is 1. The van der Waals surface area contributed by atoms with E-state index < -0.39 is 10.8 Å². The lowest BCUT2D eigenvalue weighted by atomic mass is 10.3. The fraction of sp³-hybridized carbons (Fsp3) is 0.182. The van der Waals surface area contributed by atoms with Crippen molar-refractivity contribution in [2.45, 2.75) is 10.6 Å². The molecular formula is C11H12ClN3OS. The number of nitrogens with zero attached hydrogens (tertiary/aromatic N) is 2. The lowest BCUT2D eigenvalue weighted by Crippen LogP contribution is -1.97. The predicted octanol–water partition coefficient (Wildman–Crippen LogP) is 1.96. The van der Waals surface area contributed by atoms with Gasteiger partial charge < -0.3 is 5.73 Å². The molecule has 0 saturated carbocycles. The lowest BCUT2D eigenvalue weighted by molar-refractivity contribution is 0.682. The minimum Gasteiger partial charge on any atom is -0.399 e. The van der Waals surface area contributed by atoms with Crippen LogP contribution in [0.5, 0.6) is 0 Å². The van der Waals surface area contributed by atoms with Gasteiger partial charge in [0, 0.05) is 24.5 Å². The maximum atomic E-state index is 12.1. The number of hydrogen-bond acceptors (Lipinski definition) is 3. The quantitative estimate of drug-likeness (QED) is 0.867. The number of aromatic nitrogens is 2. The van der Waals surface area contributed by atoms with Gasteiger partial charge in [-0.25, -0.2) is 0 Å². The average molecular weight is 270 g/mol. The first-order chi connectivity index (χ1) is 8.06. The van der Waals surface area contributed by atoms with Gasteiger partial charge in [0.25, 0.3) is 0 Å². The zero-order chi connectivity index (χ0) is 12.4. The van der Waals surface area contributed by atoms with E-state index in [0.29, 0.717) is 21.4 Å². The van der Waals surface area contributed by atoms with Crippen molar-refractivity contribution in [2.75, 3.05) is 5.73 Å². The summed E-state index contributed by atoms with van der Waals surface area (Å²) in [7, 11) is 0.640. The molecule has 2 rings (SSSR count). The van der Waals surface area contributed by atoms with Crippen LogP contribution in [-0.4, -0.2) is 14.0 Å². The minimum atomic E-state index is -1.18. The van der Waals surface area contributed by atoms with E-state index in [2.05, 4.69) is 5.10 Å². The van der Waals surface area contributed by atoms with Gasteiger partial charge in [0.15, 0.2) is 0 Å². The van der Waals surface area contributed by atoms with E-state index >= 15 is 0 Å². The second-order valence-electron chi connectivity index (χ2n) is 3.70. The molecule has 0 bridgehead atoms. The predicted molar refractivity (Wildman–Crippen MR) is 69.2 cm³/mol. The molecule has 1 unspecified atom stereocenters. The number of halogens is 1. The van der Waals surface area contributed by atoms with Crippen LogP contribution < -0.4 is 5.73 Å². The number of rotatable bonds is 3. The van der Waals surface area contributed by atoms with Crippen LogP contribution in [0.3, 0.4) is 0 Å². The standard InChI is InChI=1S/C11H12ClN3OS/c1-15-6-8(5-14-15)7-17(16)11-3-2-9(13)4-10(11)12/h2-6H,7,13H2,1H3. The van der Waals surface area contributed by atoms with Gasteiger partial charge >= 0.3 is 0 Å². The molecule has 0 spiro atoms. The Kier molecular flexibility index (Phi) is 3.49. The first kappa shape index (κ1) is 12.1. The van der Waals surface area contributed by atoms with Gasteiger partial charge in [-0.1, -0.05) is 11.6 Å². The molecule has 4 nitrogen and oxygen atoms in total. The Bertz CT molecular complexity index is 568. The highest BCUT2D eigenvalue weighted by Crippen LogP contribution is 2.24. The molecule has 0 amide bonds. The van der Waals surface area contributed by atoms with Crippen LogP contribution >= 0.6 is 11.6 Å². The summed E-state index contributed by atoms with van der Waals surface area (Å²) in [4.78, 5) is 0.602.